The van der Waals surface area contributed by atoms with Gasteiger partial charge in [-0.05, 0) is 6.07 Å². The van der Waals surface area contributed by atoms with Crippen molar-refractivity contribution in [3.05, 3.63) is 30.3 Å². The average molecular weight is 222 g/mol. The van der Waals surface area contributed by atoms with Crippen molar-refractivity contribution in [1.29, 1.82) is 0 Å². The number of aliphatic hydroxyl groups excluding tert-OH is 1. The van der Waals surface area contributed by atoms with Crippen LogP contribution in [0.4, 0.5) is 0 Å². The van der Waals surface area contributed by atoms with Crippen LogP contribution in [0.1, 0.15) is 12.0 Å². The maximum atomic E-state index is 8.86. The van der Waals surface area contributed by atoms with Crippen LogP contribution in [0.25, 0.3) is 11.5 Å². The smallest absolute Gasteiger partial charge is 0.227 e. The van der Waals surface area contributed by atoms with Crippen molar-refractivity contribution < 1.29 is 19.4 Å². The van der Waals surface area contributed by atoms with Crippen LogP contribution in [0.2, 0.25) is 0 Å². The fourth-order valence-electron chi connectivity index (χ4n) is 1.16. The zero-order chi connectivity index (χ0) is 11.5. The number of oxazole rings is 1. The summed E-state index contributed by atoms with van der Waals surface area (Å²) in [6.07, 6.45) is 1.08. The Hall–Kier alpha value is -1.92. The van der Waals surface area contributed by atoms with Gasteiger partial charge in [0.15, 0.2) is 6.29 Å². The summed E-state index contributed by atoms with van der Waals surface area (Å²) >= 11 is 0. The van der Waals surface area contributed by atoms with E-state index in [1.807, 2.05) is 0 Å². The minimum absolute atomic E-state index is 0.0609. The Balaban J connectivity index is 2.28. The molecule has 0 saturated carbocycles. The molecule has 0 aliphatic rings. The molecule has 0 aliphatic heterocycles. The van der Waals surface area contributed by atoms with Gasteiger partial charge in [0, 0.05) is 12.3 Å². The largest absolute Gasteiger partial charge is 0.481 e. The molecule has 2 aromatic rings. The first kappa shape index (κ1) is 10.6. The Labute approximate surface area is 91.2 Å². The van der Waals surface area contributed by atoms with Crippen molar-refractivity contribution in [3.63, 3.8) is 0 Å². The molecule has 0 spiro atoms. The SMILES string of the molecule is COc1ccc(-c2nc(C(O)O)co2)cn1. The normalized spacial score (nSPS) is 10.8. The van der Waals surface area contributed by atoms with Crippen molar-refractivity contribution in [2.24, 2.45) is 0 Å². The third kappa shape index (κ3) is 2.02. The third-order valence-corrected chi connectivity index (χ3v) is 1.98. The van der Waals surface area contributed by atoms with E-state index in [4.69, 9.17) is 19.4 Å². The van der Waals surface area contributed by atoms with Crippen molar-refractivity contribution in [2.75, 3.05) is 7.11 Å². The van der Waals surface area contributed by atoms with Crippen molar-refractivity contribution >= 4 is 0 Å². The van der Waals surface area contributed by atoms with Gasteiger partial charge < -0.3 is 19.4 Å². The molecular formula is C10H10N2O4. The molecule has 0 unspecified atom stereocenters. The number of hydrogen-bond acceptors (Lipinski definition) is 6. The first-order chi connectivity index (χ1) is 7.70. The molecule has 2 N–H and O–H groups in total. The van der Waals surface area contributed by atoms with Crippen LogP contribution in [-0.4, -0.2) is 27.3 Å². The van der Waals surface area contributed by atoms with Gasteiger partial charge in [0.25, 0.3) is 0 Å². The highest BCUT2D eigenvalue weighted by Crippen LogP contribution is 2.21. The lowest BCUT2D eigenvalue weighted by Gasteiger charge is -1.98. The third-order valence-electron chi connectivity index (χ3n) is 1.98. The van der Waals surface area contributed by atoms with E-state index in [0.717, 1.165) is 0 Å². The Morgan fingerprint density at radius 2 is 2.19 bits per heavy atom. The van der Waals surface area contributed by atoms with Gasteiger partial charge in [-0.2, -0.15) is 0 Å². The predicted octanol–water partition coefficient (Wildman–Crippen LogP) is 0.728. The lowest BCUT2D eigenvalue weighted by atomic mass is 10.3. The summed E-state index contributed by atoms with van der Waals surface area (Å²) in [6, 6.07) is 3.37. The number of methoxy groups -OCH3 is 1. The molecule has 6 heteroatoms. The van der Waals surface area contributed by atoms with Gasteiger partial charge >= 0.3 is 0 Å². The van der Waals surface area contributed by atoms with Gasteiger partial charge in [-0.25, -0.2) is 9.97 Å². The van der Waals surface area contributed by atoms with Crippen LogP contribution in [0.3, 0.4) is 0 Å². The predicted molar refractivity (Wildman–Crippen MR) is 53.5 cm³/mol. The zero-order valence-electron chi connectivity index (χ0n) is 8.49. The minimum atomic E-state index is -1.64. The molecule has 6 nitrogen and oxygen atoms in total. The lowest BCUT2D eigenvalue weighted by Crippen LogP contribution is -1.94. The average Bonchev–Trinajstić information content (AvgIpc) is 2.78. The van der Waals surface area contributed by atoms with Gasteiger partial charge in [-0.15, -0.1) is 0 Å². The highest BCUT2D eigenvalue weighted by atomic mass is 16.5. The molecule has 0 aromatic carbocycles. The Kier molecular flexibility index (Phi) is 2.84. The maximum Gasteiger partial charge on any atom is 0.227 e. The van der Waals surface area contributed by atoms with Crippen molar-refractivity contribution in [3.8, 4) is 17.3 Å². The van der Waals surface area contributed by atoms with Crippen LogP contribution in [0, 0.1) is 0 Å². The van der Waals surface area contributed by atoms with E-state index >= 15 is 0 Å². The topological polar surface area (TPSA) is 88.6 Å². The van der Waals surface area contributed by atoms with E-state index in [1.165, 1.54) is 19.6 Å². The van der Waals surface area contributed by atoms with Gasteiger partial charge in [-0.3, -0.25) is 0 Å². The van der Waals surface area contributed by atoms with Gasteiger partial charge in [0.1, 0.15) is 12.0 Å². The number of aliphatic hydroxyl groups is 2. The first-order valence-electron chi connectivity index (χ1n) is 4.52. The van der Waals surface area contributed by atoms with Crippen LogP contribution >= 0.6 is 0 Å². The number of hydrogen-bond donors (Lipinski definition) is 2. The monoisotopic (exact) mass is 222 g/mol. The van der Waals surface area contributed by atoms with Crippen molar-refractivity contribution in [2.45, 2.75) is 6.29 Å². The number of aromatic nitrogens is 2. The summed E-state index contributed by atoms with van der Waals surface area (Å²) in [5.41, 5.74) is 0.693. The molecule has 16 heavy (non-hydrogen) atoms. The van der Waals surface area contributed by atoms with Gasteiger partial charge in [0.2, 0.25) is 11.8 Å². The first-order valence-corrected chi connectivity index (χ1v) is 4.52. The summed E-state index contributed by atoms with van der Waals surface area (Å²) in [4.78, 5) is 7.87. The summed E-state index contributed by atoms with van der Waals surface area (Å²) in [7, 11) is 1.52. The molecule has 0 amide bonds. The molecule has 0 atom stereocenters. The second-order valence-electron chi connectivity index (χ2n) is 3.04. The van der Waals surface area contributed by atoms with Crippen LogP contribution in [0.15, 0.2) is 29.0 Å². The van der Waals surface area contributed by atoms with Gasteiger partial charge in [-0.1, -0.05) is 0 Å². The van der Waals surface area contributed by atoms with E-state index in [1.54, 1.807) is 12.1 Å². The standard InChI is InChI=1S/C10H10N2O4/c1-15-8-3-2-6(4-11-8)9-12-7(5-16-9)10(13)14/h2-5,10,13-14H,1H3. The second kappa shape index (κ2) is 4.30. The van der Waals surface area contributed by atoms with E-state index in [2.05, 4.69) is 9.97 Å². The van der Waals surface area contributed by atoms with Crippen molar-refractivity contribution in [1.82, 2.24) is 9.97 Å². The Bertz CT molecular complexity index is 464. The fourth-order valence-corrected chi connectivity index (χ4v) is 1.16. The number of rotatable bonds is 3. The zero-order valence-corrected chi connectivity index (χ0v) is 8.49. The molecule has 0 fully saturated rings. The molecule has 2 heterocycles. The van der Waals surface area contributed by atoms with Gasteiger partial charge in [0.05, 0.1) is 12.7 Å². The molecule has 0 radical (unpaired) electrons. The van der Waals surface area contributed by atoms with E-state index < -0.39 is 6.29 Å². The highest BCUT2D eigenvalue weighted by Gasteiger charge is 2.11. The summed E-state index contributed by atoms with van der Waals surface area (Å²) in [6.45, 7) is 0. The minimum Gasteiger partial charge on any atom is -0.481 e. The maximum absolute atomic E-state index is 8.86. The molecule has 84 valence electrons. The van der Waals surface area contributed by atoms with Crippen LogP contribution in [0.5, 0.6) is 5.88 Å². The second-order valence-corrected chi connectivity index (χ2v) is 3.04. The highest BCUT2D eigenvalue weighted by molar-refractivity contribution is 5.52. The van der Waals surface area contributed by atoms with Crippen LogP contribution < -0.4 is 4.74 Å². The lowest BCUT2D eigenvalue weighted by molar-refractivity contribution is -0.0458. The summed E-state index contributed by atoms with van der Waals surface area (Å²) < 4.78 is 9.98. The number of pyridine rings is 1. The van der Waals surface area contributed by atoms with E-state index in [-0.39, 0.29) is 11.6 Å². The molecule has 0 aliphatic carbocycles. The Morgan fingerprint density at radius 1 is 1.38 bits per heavy atom. The molecule has 2 rings (SSSR count). The molecular weight excluding hydrogens is 212 g/mol. The fraction of sp³-hybridized carbons (Fsp3) is 0.200. The molecule has 0 bridgehead atoms. The van der Waals surface area contributed by atoms with E-state index in [9.17, 15) is 0 Å². The van der Waals surface area contributed by atoms with Crippen LogP contribution in [-0.2, 0) is 0 Å². The summed E-state index contributed by atoms with van der Waals surface area (Å²) in [5, 5.41) is 17.7. The summed E-state index contributed by atoms with van der Waals surface area (Å²) in [5.74, 6) is 0.760. The number of nitrogens with zero attached hydrogens (tertiary/aromatic N) is 2. The molecule has 2 aromatic heterocycles. The van der Waals surface area contributed by atoms with E-state index in [0.29, 0.717) is 11.4 Å². The quantitative estimate of drug-likeness (QED) is 0.744. The number of ether oxygens (including phenoxy) is 1. The Morgan fingerprint density at radius 3 is 2.69 bits per heavy atom. The molecule has 0 saturated heterocycles.